The lowest BCUT2D eigenvalue weighted by Gasteiger charge is -2.23. The van der Waals surface area contributed by atoms with Crippen molar-refractivity contribution in [1.29, 1.82) is 0 Å². The zero-order valence-corrected chi connectivity index (χ0v) is 17.4. The second kappa shape index (κ2) is 8.04. The van der Waals surface area contributed by atoms with Crippen LogP contribution in [0.4, 0.5) is 5.69 Å². The van der Waals surface area contributed by atoms with Crippen LogP contribution in [0.1, 0.15) is 27.9 Å². The van der Waals surface area contributed by atoms with Crippen LogP contribution in [0.15, 0.2) is 71.6 Å². The molecule has 3 aromatic carbocycles. The molecule has 5 rings (SSSR count). The Morgan fingerprint density at radius 2 is 1.74 bits per heavy atom. The molecule has 1 aliphatic heterocycles. The van der Waals surface area contributed by atoms with Crippen molar-refractivity contribution in [2.24, 2.45) is 0 Å². The summed E-state index contributed by atoms with van der Waals surface area (Å²) in [5.41, 5.74) is 5.90. The van der Waals surface area contributed by atoms with Crippen molar-refractivity contribution in [3.8, 4) is 11.1 Å². The molecule has 0 unspecified atom stereocenters. The number of para-hydroxylation sites is 1. The largest absolute Gasteiger partial charge is 0.457 e. The summed E-state index contributed by atoms with van der Waals surface area (Å²) in [6, 6.07) is 21.2. The SMILES string of the molecule is O=C(C[C@@H]1Sc2ccccc2NC1=O)OCC(=O)c1ccc2c(c1)-c1ccccc1C2. The van der Waals surface area contributed by atoms with E-state index in [-0.39, 0.29) is 24.7 Å². The smallest absolute Gasteiger partial charge is 0.307 e. The fourth-order valence-corrected chi connectivity index (χ4v) is 5.06. The zero-order valence-electron chi connectivity index (χ0n) is 16.6. The highest BCUT2D eigenvalue weighted by Crippen LogP contribution is 2.38. The van der Waals surface area contributed by atoms with Gasteiger partial charge in [0.25, 0.3) is 0 Å². The number of ketones is 1. The van der Waals surface area contributed by atoms with Gasteiger partial charge in [0.05, 0.1) is 17.4 Å². The molecule has 1 aliphatic carbocycles. The summed E-state index contributed by atoms with van der Waals surface area (Å²) >= 11 is 1.33. The van der Waals surface area contributed by atoms with Gasteiger partial charge in [-0.1, -0.05) is 48.5 Å². The average Bonchev–Trinajstić information content (AvgIpc) is 3.16. The van der Waals surface area contributed by atoms with Crippen LogP contribution in [0.3, 0.4) is 0 Å². The third kappa shape index (κ3) is 3.86. The molecule has 0 spiro atoms. The minimum absolute atomic E-state index is 0.0876. The maximum absolute atomic E-state index is 12.6. The van der Waals surface area contributed by atoms with Crippen LogP contribution < -0.4 is 5.32 Å². The van der Waals surface area contributed by atoms with E-state index in [2.05, 4.69) is 17.4 Å². The molecule has 3 aromatic rings. The highest BCUT2D eigenvalue weighted by atomic mass is 32.2. The van der Waals surface area contributed by atoms with Crippen LogP contribution in [0.5, 0.6) is 0 Å². The second-order valence-electron chi connectivity index (χ2n) is 7.59. The molecule has 1 N–H and O–H groups in total. The third-order valence-electron chi connectivity index (χ3n) is 5.54. The van der Waals surface area contributed by atoms with E-state index in [9.17, 15) is 14.4 Å². The molecule has 0 saturated heterocycles. The van der Waals surface area contributed by atoms with Crippen LogP contribution in [0.2, 0.25) is 0 Å². The Balaban J connectivity index is 1.21. The van der Waals surface area contributed by atoms with Crippen LogP contribution >= 0.6 is 11.8 Å². The highest BCUT2D eigenvalue weighted by Gasteiger charge is 2.29. The lowest BCUT2D eigenvalue weighted by Crippen LogP contribution is -2.31. The molecule has 0 aromatic heterocycles. The van der Waals surface area contributed by atoms with Gasteiger partial charge in [-0.25, -0.2) is 0 Å². The summed E-state index contributed by atoms with van der Waals surface area (Å²) in [5.74, 6) is -1.05. The third-order valence-corrected chi connectivity index (χ3v) is 6.82. The minimum Gasteiger partial charge on any atom is -0.457 e. The van der Waals surface area contributed by atoms with Crippen LogP contribution in [0, 0.1) is 0 Å². The van der Waals surface area contributed by atoms with Crippen molar-refractivity contribution in [2.75, 3.05) is 11.9 Å². The number of thioether (sulfide) groups is 1. The number of nitrogens with one attached hydrogen (secondary N) is 1. The van der Waals surface area contributed by atoms with Crippen molar-refractivity contribution in [3.63, 3.8) is 0 Å². The molecule has 0 fully saturated rings. The van der Waals surface area contributed by atoms with E-state index in [1.165, 1.54) is 22.9 Å². The van der Waals surface area contributed by atoms with Gasteiger partial charge in [-0.15, -0.1) is 11.8 Å². The fraction of sp³-hybridized carbons (Fsp3) is 0.160. The van der Waals surface area contributed by atoms with E-state index >= 15 is 0 Å². The lowest BCUT2D eigenvalue weighted by molar-refractivity contribution is -0.143. The summed E-state index contributed by atoms with van der Waals surface area (Å²) < 4.78 is 5.20. The predicted molar refractivity (Wildman–Crippen MR) is 119 cm³/mol. The number of ether oxygens (including phenoxy) is 1. The zero-order chi connectivity index (χ0) is 21.4. The van der Waals surface area contributed by atoms with E-state index in [1.54, 1.807) is 6.07 Å². The monoisotopic (exact) mass is 429 g/mol. The van der Waals surface area contributed by atoms with Gasteiger partial charge >= 0.3 is 5.97 Å². The van der Waals surface area contributed by atoms with Crippen LogP contribution in [-0.4, -0.2) is 29.5 Å². The topological polar surface area (TPSA) is 72.5 Å². The van der Waals surface area contributed by atoms with E-state index in [0.717, 1.165) is 28.1 Å². The maximum Gasteiger partial charge on any atom is 0.307 e. The molecule has 31 heavy (non-hydrogen) atoms. The van der Waals surface area contributed by atoms with Crippen LogP contribution in [0.25, 0.3) is 11.1 Å². The quantitative estimate of drug-likeness (QED) is 0.374. The number of rotatable bonds is 5. The summed E-state index contributed by atoms with van der Waals surface area (Å²) in [4.78, 5) is 38.1. The lowest BCUT2D eigenvalue weighted by atomic mass is 10.0. The van der Waals surface area contributed by atoms with Gasteiger partial charge in [0.2, 0.25) is 5.91 Å². The summed E-state index contributed by atoms with van der Waals surface area (Å²) in [6.07, 6.45) is 0.773. The Morgan fingerprint density at radius 1 is 0.968 bits per heavy atom. The first-order chi connectivity index (χ1) is 15.1. The van der Waals surface area contributed by atoms with Crippen molar-refractivity contribution in [1.82, 2.24) is 0 Å². The number of amides is 1. The van der Waals surface area contributed by atoms with Crippen molar-refractivity contribution < 1.29 is 19.1 Å². The Kier molecular flexibility index (Phi) is 5.08. The average molecular weight is 429 g/mol. The Labute approximate surface area is 183 Å². The minimum atomic E-state index is -0.575. The van der Waals surface area contributed by atoms with Crippen molar-refractivity contribution in [2.45, 2.75) is 23.0 Å². The molecule has 5 nitrogen and oxygen atoms in total. The van der Waals surface area contributed by atoms with E-state index in [1.807, 2.05) is 48.5 Å². The number of anilines is 1. The summed E-state index contributed by atoms with van der Waals surface area (Å²) in [7, 11) is 0. The molecule has 1 atom stereocenters. The van der Waals surface area contributed by atoms with Crippen molar-refractivity contribution in [3.05, 3.63) is 83.4 Å². The summed E-state index contributed by atoms with van der Waals surface area (Å²) in [6.45, 7) is -0.338. The first-order valence-corrected chi connectivity index (χ1v) is 10.9. The normalized spacial score (nSPS) is 16.0. The Hall–Kier alpha value is -3.38. The molecule has 6 heteroatoms. The Bertz CT molecular complexity index is 1220. The molecule has 154 valence electrons. The summed E-state index contributed by atoms with van der Waals surface area (Å²) in [5, 5.41) is 2.23. The number of carbonyl (C=O) groups excluding carboxylic acids is 3. The number of carbonyl (C=O) groups is 3. The van der Waals surface area contributed by atoms with Gasteiger partial charge in [0, 0.05) is 10.5 Å². The highest BCUT2D eigenvalue weighted by molar-refractivity contribution is 8.01. The number of esters is 1. The predicted octanol–water partition coefficient (Wildman–Crippen LogP) is 4.49. The van der Waals surface area contributed by atoms with Gasteiger partial charge in [0.15, 0.2) is 12.4 Å². The Morgan fingerprint density at radius 3 is 2.65 bits per heavy atom. The van der Waals surface area contributed by atoms with E-state index < -0.39 is 11.2 Å². The van der Waals surface area contributed by atoms with E-state index in [0.29, 0.717) is 5.56 Å². The van der Waals surface area contributed by atoms with Gasteiger partial charge in [-0.05, 0) is 46.9 Å². The molecule has 2 aliphatic rings. The van der Waals surface area contributed by atoms with Crippen molar-refractivity contribution >= 4 is 35.1 Å². The molecule has 1 amide bonds. The molecule has 0 bridgehead atoms. The molecular weight excluding hydrogens is 410 g/mol. The molecule has 1 heterocycles. The molecule has 0 saturated carbocycles. The van der Waals surface area contributed by atoms with E-state index in [4.69, 9.17) is 4.74 Å². The first-order valence-electron chi connectivity index (χ1n) is 10.0. The van der Waals surface area contributed by atoms with Gasteiger partial charge in [0.1, 0.15) is 0 Å². The standard InChI is InChI=1S/C25H19NO4S/c27-21(17-10-9-16-11-15-5-1-2-6-18(15)19(16)12-17)14-30-24(28)13-23-25(29)26-20-7-3-4-8-22(20)31-23/h1-10,12,23H,11,13-14H2,(H,26,29)/t23-/m0/s1. The number of Topliss-reactive ketones (excluding diaryl/α,β-unsaturated/α-hetero) is 1. The number of benzene rings is 3. The van der Waals surface area contributed by atoms with Gasteiger partial charge in [-0.3, -0.25) is 14.4 Å². The maximum atomic E-state index is 12.6. The van der Waals surface area contributed by atoms with Crippen LogP contribution in [-0.2, 0) is 20.7 Å². The molecular formula is C25H19NO4S. The second-order valence-corrected chi connectivity index (χ2v) is 8.83. The van der Waals surface area contributed by atoms with Gasteiger partial charge in [-0.2, -0.15) is 0 Å². The number of fused-ring (bicyclic) bond motifs is 4. The fourth-order valence-electron chi connectivity index (χ4n) is 3.96. The number of hydrogen-bond acceptors (Lipinski definition) is 5. The number of hydrogen-bond donors (Lipinski definition) is 1. The first kappa shape index (κ1) is 19.6. The van der Waals surface area contributed by atoms with Gasteiger partial charge < -0.3 is 10.1 Å². The molecule has 0 radical (unpaired) electrons.